The van der Waals surface area contributed by atoms with Gasteiger partial charge in [-0.15, -0.1) is 5.10 Å². The predicted octanol–water partition coefficient (Wildman–Crippen LogP) is 3.96. The highest BCUT2D eigenvalue weighted by atomic mass is 35.5. The van der Waals surface area contributed by atoms with Crippen molar-refractivity contribution >= 4 is 23.3 Å². The summed E-state index contributed by atoms with van der Waals surface area (Å²) in [7, 11) is 0. The molecule has 0 atom stereocenters. The lowest BCUT2D eigenvalue weighted by Crippen LogP contribution is -2.40. The van der Waals surface area contributed by atoms with Crippen LogP contribution in [0.3, 0.4) is 0 Å². The summed E-state index contributed by atoms with van der Waals surface area (Å²) in [4.78, 5) is 27.2. The normalized spacial score (nSPS) is 14.8. The second-order valence-corrected chi connectivity index (χ2v) is 7.70. The van der Waals surface area contributed by atoms with E-state index in [1.165, 1.54) is 4.68 Å². The van der Waals surface area contributed by atoms with Crippen molar-refractivity contribution in [2.24, 2.45) is 5.92 Å². The maximum atomic E-state index is 12.8. The predicted molar refractivity (Wildman–Crippen MR) is 111 cm³/mol. The fraction of sp³-hybridized carbons (Fsp3) is 0.273. The molecule has 29 heavy (non-hydrogen) atoms. The Kier molecular flexibility index (Phi) is 5.45. The van der Waals surface area contributed by atoms with Crippen LogP contribution in [0.5, 0.6) is 0 Å². The van der Waals surface area contributed by atoms with Gasteiger partial charge in [-0.3, -0.25) is 9.59 Å². The quantitative estimate of drug-likeness (QED) is 0.612. The molecule has 1 amide bonds. The van der Waals surface area contributed by atoms with E-state index in [4.69, 9.17) is 11.6 Å². The average Bonchev–Trinajstić information content (AvgIpc) is 3.24. The topological polar surface area (TPSA) is 68.1 Å². The van der Waals surface area contributed by atoms with Crippen molar-refractivity contribution in [1.82, 2.24) is 19.9 Å². The Bertz CT molecular complexity index is 1040. The minimum Gasteiger partial charge on any atom is -0.337 e. The fourth-order valence-corrected chi connectivity index (χ4v) is 3.80. The molecule has 0 radical (unpaired) electrons. The number of Topliss-reactive ketones (excluding diaryl/α,β-unsaturated/α-hetero) is 1. The Morgan fingerprint density at radius 3 is 2.41 bits per heavy atom. The highest BCUT2D eigenvalue weighted by Crippen LogP contribution is 2.24. The van der Waals surface area contributed by atoms with E-state index in [-0.39, 0.29) is 23.3 Å². The molecule has 0 unspecified atom stereocenters. The first kappa shape index (κ1) is 19.3. The standard InChI is InChI=1S/C22H21ClN4O2/c1-15-6-8-16(9-7-15)21(28)17-10-12-26(13-11-17)22(29)19-14-27(25-24-19)20-5-3-2-4-18(20)23/h2-9,14,17H,10-13H2,1H3. The molecule has 4 rings (SSSR count). The SMILES string of the molecule is Cc1ccc(C(=O)C2CCN(C(=O)c3cn(-c4ccccc4Cl)nn3)CC2)cc1. The van der Waals surface area contributed by atoms with Crippen LogP contribution in [0.2, 0.25) is 5.02 Å². The van der Waals surface area contributed by atoms with Gasteiger partial charge in [0.25, 0.3) is 5.91 Å². The number of ketones is 1. The monoisotopic (exact) mass is 408 g/mol. The van der Waals surface area contributed by atoms with E-state index in [2.05, 4.69) is 10.3 Å². The smallest absolute Gasteiger partial charge is 0.276 e. The molecule has 1 aromatic heterocycles. The van der Waals surface area contributed by atoms with E-state index in [0.717, 1.165) is 11.1 Å². The van der Waals surface area contributed by atoms with Gasteiger partial charge in [-0.1, -0.05) is 58.8 Å². The first-order valence-corrected chi connectivity index (χ1v) is 9.98. The minimum absolute atomic E-state index is 0.0550. The molecule has 3 aromatic rings. The maximum absolute atomic E-state index is 12.8. The van der Waals surface area contributed by atoms with Gasteiger partial charge in [0.05, 0.1) is 16.9 Å². The van der Waals surface area contributed by atoms with E-state index in [1.54, 1.807) is 17.2 Å². The zero-order valence-corrected chi connectivity index (χ0v) is 16.8. The molecule has 0 saturated carbocycles. The van der Waals surface area contributed by atoms with Crippen LogP contribution in [0.1, 0.15) is 39.3 Å². The molecule has 2 heterocycles. The van der Waals surface area contributed by atoms with Crippen LogP contribution in [0.4, 0.5) is 0 Å². The number of piperidine rings is 1. The van der Waals surface area contributed by atoms with Gasteiger partial charge in [0.15, 0.2) is 11.5 Å². The minimum atomic E-state index is -0.176. The molecule has 0 N–H and O–H groups in total. The number of likely N-dealkylation sites (tertiary alicyclic amines) is 1. The van der Waals surface area contributed by atoms with Crippen LogP contribution < -0.4 is 0 Å². The highest BCUT2D eigenvalue weighted by Gasteiger charge is 2.29. The van der Waals surface area contributed by atoms with Crippen LogP contribution in [0.25, 0.3) is 5.69 Å². The molecule has 0 aliphatic carbocycles. The number of carbonyl (C=O) groups excluding carboxylic acids is 2. The lowest BCUT2D eigenvalue weighted by molar-refractivity contribution is 0.0645. The van der Waals surface area contributed by atoms with Crippen molar-refractivity contribution < 1.29 is 9.59 Å². The molecule has 0 bridgehead atoms. The number of aromatic nitrogens is 3. The van der Waals surface area contributed by atoms with Crippen LogP contribution in [0, 0.1) is 12.8 Å². The second kappa shape index (κ2) is 8.17. The van der Waals surface area contributed by atoms with E-state index in [1.807, 2.05) is 49.4 Å². The van der Waals surface area contributed by atoms with Gasteiger partial charge in [-0.2, -0.15) is 0 Å². The molecular formula is C22H21ClN4O2. The maximum Gasteiger partial charge on any atom is 0.276 e. The van der Waals surface area contributed by atoms with Gasteiger partial charge in [0.2, 0.25) is 0 Å². The number of hydrogen-bond acceptors (Lipinski definition) is 4. The number of amides is 1. The van der Waals surface area contributed by atoms with Crippen molar-refractivity contribution in [2.75, 3.05) is 13.1 Å². The lowest BCUT2D eigenvalue weighted by Gasteiger charge is -2.30. The molecule has 148 valence electrons. The highest BCUT2D eigenvalue weighted by molar-refractivity contribution is 6.32. The van der Waals surface area contributed by atoms with E-state index < -0.39 is 0 Å². The number of carbonyl (C=O) groups is 2. The van der Waals surface area contributed by atoms with Crippen LogP contribution in [-0.2, 0) is 0 Å². The van der Waals surface area contributed by atoms with Crippen molar-refractivity contribution in [2.45, 2.75) is 19.8 Å². The van der Waals surface area contributed by atoms with Gasteiger partial charge < -0.3 is 4.90 Å². The third-order valence-corrected chi connectivity index (χ3v) is 5.62. The van der Waals surface area contributed by atoms with E-state index in [0.29, 0.717) is 36.6 Å². The molecule has 1 saturated heterocycles. The van der Waals surface area contributed by atoms with Gasteiger partial charge in [-0.25, -0.2) is 4.68 Å². The Morgan fingerprint density at radius 2 is 1.72 bits per heavy atom. The average molecular weight is 409 g/mol. The third-order valence-electron chi connectivity index (χ3n) is 5.30. The fourth-order valence-electron chi connectivity index (χ4n) is 3.58. The van der Waals surface area contributed by atoms with E-state index >= 15 is 0 Å². The summed E-state index contributed by atoms with van der Waals surface area (Å²) in [6, 6.07) is 14.9. The molecular weight excluding hydrogens is 388 g/mol. The third kappa shape index (κ3) is 4.07. The summed E-state index contributed by atoms with van der Waals surface area (Å²) >= 11 is 6.19. The molecule has 2 aromatic carbocycles. The molecule has 1 aliphatic heterocycles. The van der Waals surface area contributed by atoms with Crippen molar-refractivity contribution in [1.29, 1.82) is 0 Å². The van der Waals surface area contributed by atoms with E-state index in [9.17, 15) is 9.59 Å². The van der Waals surface area contributed by atoms with Gasteiger partial charge in [0, 0.05) is 24.6 Å². The van der Waals surface area contributed by atoms with Crippen LogP contribution >= 0.6 is 11.6 Å². The van der Waals surface area contributed by atoms with Crippen molar-refractivity contribution in [3.63, 3.8) is 0 Å². The Hall–Kier alpha value is -2.99. The zero-order valence-electron chi connectivity index (χ0n) is 16.1. The molecule has 6 nitrogen and oxygen atoms in total. The van der Waals surface area contributed by atoms with Crippen molar-refractivity contribution in [3.8, 4) is 5.69 Å². The zero-order chi connectivity index (χ0) is 20.4. The number of rotatable bonds is 4. The first-order chi connectivity index (χ1) is 14.0. The molecule has 7 heteroatoms. The first-order valence-electron chi connectivity index (χ1n) is 9.60. The summed E-state index contributed by atoms with van der Waals surface area (Å²) in [5.74, 6) is -0.0770. The summed E-state index contributed by atoms with van der Waals surface area (Å²) < 4.78 is 1.50. The number of para-hydroxylation sites is 1. The van der Waals surface area contributed by atoms with Gasteiger partial charge >= 0.3 is 0 Å². The number of nitrogens with zero attached hydrogens (tertiary/aromatic N) is 4. The summed E-state index contributed by atoms with van der Waals surface area (Å²) in [5, 5.41) is 8.58. The Morgan fingerprint density at radius 1 is 1.03 bits per heavy atom. The summed E-state index contributed by atoms with van der Waals surface area (Å²) in [5.41, 5.74) is 2.81. The second-order valence-electron chi connectivity index (χ2n) is 7.30. The number of halogens is 1. The lowest BCUT2D eigenvalue weighted by atomic mass is 9.88. The summed E-state index contributed by atoms with van der Waals surface area (Å²) in [6.07, 6.45) is 2.89. The summed E-state index contributed by atoms with van der Waals surface area (Å²) in [6.45, 7) is 3.06. The van der Waals surface area contributed by atoms with Crippen LogP contribution in [-0.4, -0.2) is 44.7 Å². The van der Waals surface area contributed by atoms with Gasteiger partial charge in [0.1, 0.15) is 0 Å². The Labute approximate surface area is 174 Å². The number of benzene rings is 2. The Balaban J connectivity index is 1.40. The molecule has 0 spiro atoms. The number of hydrogen-bond donors (Lipinski definition) is 0. The van der Waals surface area contributed by atoms with Gasteiger partial charge in [-0.05, 0) is 31.9 Å². The van der Waals surface area contributed by atoms with Crippen molar-refractivity contribution in [3.05, 3.63) is 76.6 Å². The molecule has 1 fully saturated rings. The number of aryl methyl sites for hydroxylation is 1. The largest absolute Gasteiger partial charge is 0.337 e. The van der Waals surface area contributed by atoms with Crippen LogP contribution in [0.15, 0.2) is 54.7 Å². The molecule has 1 aliphatic rings.